The Bertz CT molecular complexity index is 422. The van der Waals surface area contributed by atoms with Crippen molar-refractivity contribution in [3.8, 4) is 0 Å². The van der Waals surface area contributed by atoms with Crippen molar-refractivity contribution in [2.24, 2.45) is 5.92 Å². The maximum absolute atomic E-state index is 11.0. The number of nitrogens with one attached hydrogen (secondary N) is 1. The van der Waals surface area contributed by atoms with Crippen molar-refractivity contribution in [3.05, 3.63) is 10.6 Å². The molecule has 2 rings (SSSR count). The van der Waals surface area contributed by atoms with Gasteiger partial charge in [0.1, 0.15) is 0 Å². The monoisotopic (exact) mass is 267 g/mol. The molecule has 0 saturated carbocycles. The van der Waals surface area contributed by atoms with Crippen LogP contribution >= 0.6 is 11.3 Å². The molecule has 1 aliphatic heterocycles. The van der Waals surface area contributed by atoms with Gasteiger partial charge in [0.25, 0.3) is 0 Å². The fourth-order valence-corrected chi connectivity index (χ4v) is 3.25. The van der Waals surface area contributed by atoms with Crippen LogP contribution in [-0.4, -0.2) is 28.9 Å². The molecule has 1 fully saturated rings. The number of anilines is 1. The summed E-state index contributed by atoms with van der Waals surface area (Å²) >= 11 is 1.60. The summed E-state index contributed by atoms with van der Waals surface area (Å²) in [6.07, 6.45) is 2.58. The van der Waals surface area contributed by atoms with E-state index in [4.69, 9.17) is 0 Å². The highest BCUT2D eigenvalue weighted by Crippen LogP contribution is 2.26. The Balaban J connectivity index is 1.96. The summed E-state index contributed by atoms with van der Waals surface area (Å²) in [5.41, 5.74) is 1.04. The first kappa shape index (κ1) is 13.5. The molecule has 0 radical (unpaired) electrons. The van der Waals surface area contributed by atoms with Crippen LogP contribution in [0.1, 0.15) is 37.3 Å². The normalized spacial score (nSPS) is 17.9. The summed E-state index contributed by atoms with van der Waals surface area (Å²) in [5.74, 6) is 0.806. The molecule has 100 valence electrons. The van der Waals surface area contributed by atoms with Gasteiger partial charge in [-0.1, -0.05) is 6.92 Å². The number of hydrogen-bond donors (Lipinski definition) is 1. The van der Waals surface area contributed by atoms with Gasteiger partial charge >= 0.3 is 0 Å². The van der Waals surface area contributed by atoms with E-state index in [2.05, 4.69) is 22.1 Å². The predicted octanol–water partition coefficient (Wildman–Crippen LogP) is 2.64. The number of hydrogen-bond acceptors (Lipinski definition) is 4. The van der Waals surface area contributed by atoms with E-state index in [0.717, 1.165) is 23.3 Å². The number of aryl methyl sites for hydroxylation is 1. The van der Waals surface area contributed by atoms with Crippen LogP contribution < -0.4 is 5.32 Å². The standard InChI is InChI=1S/C13H21N3OS/c1-9-4-6-16(7-5-9)8-12-10(2)14-13(18-12)15-11(3)17/h9H,4-8H2,1-3H3,(H,14,15,17). The molecule has 0 atom stereocenters. The average molecular weight is 267 g/mol. The smallest absolute Gasteiger partial charge is 0.223 e. The molecular weight excluding hydrogens is 246 g/mol. The van der Waals surface area contributed by atoms with Crippen LogP contribution in [0.2, 0.25) is 0 Å². The highest BCUT2D eigenvalue weighted by molar-refractivity contribution is 7.15. The van der Waals surface area contributed by atoms with Gasteiger partial charge in [-0.05, 0) is 38.8 Å². The van der Waals surface area contributed by atoms with Crippen molar-refractivity contribution in [2.75, 3.05) is 18.4 Å². The molecule has 0 aromatic carbocycles. The number of rotatable bonds is 3. The highest BCUT2D eigenvalue weighted by atomic mass is 32.1. The summed E-state index contributed by atoms with van der Waals surface area (Å²) < 4.78 is 0. The number of piperidine rings is 1. The third-order valence-electron chi connectivity index (χ3n) is 3.42. The van der Waals surface area contributed by atoms with E-state index in [0.29, 0.717) is 0 Å². The predicted molar refractivity (Wildman–Crippen MR) is 74.8 cm³/mol. The van der Waals surface area contributed by atoms with Gasteiger partial charge in [-0.3, -0.25) is 9.69 Å². The molecule has 0 aliphatic carbocycles. The van der Waals surface area contributed by atoms with Crippen LogP contribution in [-0.2, 0) is 11.3 Å². The Labute approximate surface area is 112 Å². The van der Waals surface area contributed by atoms with Crippen molar-refractivity contribution in [1.82, 2.24) is 9.88 Å². The van der Waals surface area contributed by atoms with Crippen molar-refractivity contribution < 1.29 is 4.79 Å². The van der Waals surface area contributed by atoms with Gasteiger partial charge in [0.15, 0.2) is 5.13 Å². The number of carbonyl (C=O) groups is 1. The van der Waals surface area contributed by atoms with E-state index >= 15 is 0 Å². The Morgan fingerprint density at radius 2 is 2.17 bits per heavy atom. The molecule has 1 saturated heterocycles. The maximum Gasteiger partial charge on any atom is 0.223 e. The summed E-state index contributed by atoms with van der Waals surface area (Å²) in [5, 5.41) is 3.48. The van der Waals surface area contributed by atoms with Gasteiger partial charge in [-0.15, -0.1) is 11.3 Å². The third kappa shape index (κ3) is 3.53. The maximum atomic E-state index is 11.0. The van der Waals surface area contributed by atoms with Crippen LogP contribution in [0, 0.1) is 12.8 Å². The zero-order valence-corrected chi connectivity index (χ0v) is 12.1. The molecule has 0 bridgehead atoms. The molecule has 1 aliphatic rings. The number of aromatic nitrogens is 1. The van der Waals surface area contributed by atoms with Crippen LogP contribution in [0.4, 0.5) is 5.13 Å². The van der Waals surface area contributed by atoms with E-state index in [1.54, 1.807) is 11.3 Å². The minimum Gasteiger partial charge on any atom is -0.302 e. The molecule has 4 nitrogen and oxygen atoms in total. The van der Waals surface area contributed by atoms with Gasteiger partial charge < -0.3 is 5.32 Å². The second kappa shape index (κ2) is 5.80. The highest BCUT2D eigenvalue weighted by Gasteiger charge is 2.18. The van der Waals surface area contributed by atoms with Gasteiger partial charge in [-0.25, -0.2) is 4.98 Å². The van der Waals surface area contributed by atoms with Gasteiger partial charge in [-0.2, -0.15) is 0 Å². The molecule has 1 amide bonds. The zero-order valence-electron chi connectivity index (χ0n) is 11.3. The topological polar surface area (TPSA) is 45.2 Å². The van der Waals surface area contributed by atoms with E-state index in [1.165, 1.54) is 37.7 Å². The Morgan fingerprint density at radius 1 is 1.50 bits per heavy atom. The van der Waals surface area contributed by atoms with Gasteiger partial charge in [0, 0.05) is 18.3 Å². The Kier molecular flexibility index (Phi) is 4.35. The number of likely N-dealkylation sites (tertiary alicyclic amines) is 1. The molecule has 0 spiro atoms. The lowest BCUT2D eigenvalue weighted by molar-refractivity contribution is -0.114. The molecule has 2 heterocycles. The molecule has 1 aromatic heterocycles. The average Bonchev–Trinajstić information content (AvgIpc) is 2.61. The first-order valence-corrected chi connectivity index (χ1v) is 7.32. The number of carbonyl (C=O) groups excluding carboxylic acids is 1. The van der Waals surface area contributed by atoms with E-state index in [9.17, 15) is 4.79 Å². The minimum atomic E-state index is -0.0536. The van der Waals surface area contributed by atoms with E-state index in [-0.39, 0.29) is 5.91 Å². The molecular formula is C13H21N3OS. The fourth-order valence-electron chi connectivity index (χ4n) is 2.20. The summed E-state index contributed by atoms with van der Waals surface area (Å²) in [4.78, 5) is 19.2. The molecule has 1 N–H and O–H groups in total. The van der Waals surface area contributed by atoms with Crippen LogP contribution in [0.3, 0.4) is 0 Å². The zero-order chi connectivity index (χ0) is 13.1. The number of nitrogens with zero attached hydrogens (tertiary/aromatic N) is 2. The first-order valence-electron chi connectivity index (χ1n) is 6.51. The second-order valence-electron chi connectivity index (χ2n) is 5.17. The summed E-state index contributed by atoms with van der Waals surface area (Å²) in [7, 11) is 0. The quantitative estimate of drug-likeness (QED) is 0.915. The van der Waals surface area contributed by atoms with Gasteiger partial charge in [0.05, 0.1) is 5.69 Å². The van der Waals surface area contributed by atoms with Crippen LogP contribution in [0.25, 0.3) is 0 Å². The van der Waals surface area contributed by atoms with E-state index in [1.807, 2.05) is 6.92 Å². The third-order valence-corrected chi connectivity index (χ3v) is 4.48. The largest absolute Gasteiger partial charge is 0.302 e. The Hall–Kier alpha value is -0.940. The summed E-state index contributed by atoms with van der Waals surface area (Å²) in [6.45, 7) is 9.17. The fraction of sp³-hybridized carbons (Fsp3) is 0.692. The first-order chi connectivity index (χ1) is 8.54. The van der Waals surface area contributed by atoms with Crippen LogP contribution in [0.15, 0.2) is 0 Å². The lowest BCUT2D eigenvalue weighted by atomic mass is 9.99. The summed E-state index contributed by atoms with van der Waals surface area (Å²) in [6, 6.07) is 0. The second-order valence-corrected chi connectivity index (χ2v) is 6.25. The van der Waals surface area contributed by atoms with Crippen molar-refractivity contribution >= 4 is 22.4 Å². The lowest BCUT2D eigenvalue weighted by Gasteiger charge is -2.29. The lowest BCUT2D eigenvalue weighted by Crippen LogP contribution is -2.32. The van der Waals surface area contributed by atoms with E-state index < -0.39 is 0 Å². The Morgan fingerprint density at radius 3 is 2.78 bits per heavy atom. The van der Waals surface area contributed by atoms with Gasteiger partial charge in [0.2, 0.25) is 5.91 Å². The molecule has 1 aromatic rings. The molecule has 5 heteroatoms. The SMILES string of the molecule is CC(=O)Nc1nc(C)c(CN2CCC(C)CC2)s1. The van der Waals surface area contributed by atoms with Crippen molar-refractivity contribution in [2.45, 2.75) is 40.2 Å². The molecule has 18 heavy (non-hydrogen) atoms. The van der Waals surface area contributed by atoms with Crippen molar-refractivity contribution in [1.29, 1.82) is 0 Å². The number of amides is 1. The van der Waals surface area contributed by atoms with Crippen molar-refractivity contribution in [3.63, 3.8) is 0 Å². The number of thiazole rings is 1. The van der Waals surface area contributed by atoms with Crippen LogP contribution in [0.5, 0.6) is 0 Å². The minimum absolute atomic E-state index is 0.0536. The molecule has 0 unspecified atom stereocenters.